The average Bonchev–Trinajstić information content (AvgIpc) is 2.90. The van der Waals surface area contributed by atoms with Crippen molar-refractivity contribution in [3.8, 4) is 0 Å². The molecule has 3 unspecified atom stereocenters. The van der Waals surface area contributed by atoms with E-state index < -0.39 is 20.0 Å². The maximum absolute atomic E-state index is 12.6. The van der Waals surface area contributed by atoms with E-state index in [1.54, 1.807) is 6.08 Å². The van der Waals surface area contributed by atoms with Crippen LogP contribution in [0.4, 0.5) is 0 Å². The highest BCUT2D eigenvalue weighted by Crippen LogP contribution is 2.38. The lowest BCUT2D eigenvalue weighted by atomic mass is 10.0. The van der Waals surface area contributed by atoms with Crippen LogP contribution in [0.5, 0.6) is 0 Å². The topological polar surface area (TPSA) is 108 Å². The summed E-state index contributed by atoms with van der Waals surface area (Å²) in [6, 6.07) is -0.874. The van der Waals surface area contributed by atoms with Gasteiger partial charge in [-0.1, -0.05) is 122 Å². The summed E-state index contributed by atoms with van der Waals surface area (Å²) in [5.41, 5.74) is 0. The lowest BCUT2D eigenvalue weighted by Crippen LogP contribution is -2.45. The van der Waals surface area contributed by atoms with Gasteiger partial charge >= 0.3 is 0 Å². The molecule has 3 atom stereocenters. The van der Waals surface area contributed by atoms with E-state index in [1.807, 2.05) is 27.2 Å². The molecule has 0 heterocycles. The van der Waals surface area contributed by atoms with E-state index in [-0.39, 0.29) is 19.1 Å². The Morgan fingerprint density at radius 2 is 1.32 bits per heavy atom. The maximum Gasteiger partial charge on any atom is 0.268 e. The number of aliphatic hydroxyl groups is 1. The van der Waals surface area contributed by atoms with Crippen LogP contribution in [0.2, 0.25) is 0 Å². The molecule has 0 saturated carbocycles. The molecule has 2 N–H and O–H groups in total. The van der Waals surface area contributed by atoms with E-state index >= 15 is 0 Å². The first kappa shape index (κ1) is 40.2. The van der Waals surface area contributed by atoms with Crippen LogP contribution >= 0.6 is 7.82 Å². The molecule has 9 heteroatoms. The normalized spacial score (nSPS) is 15.2. The number of unbranched alkanes of at least 4 members (excludes halogenated alkanes) is 16. The first-order valence-corrected chi connectivity index (χ1v) is 18.0. The standard InChI is InChI=1S/C32H65N2O6P/c1-6-8-10-12-14-15-16-17-18-19-20-22-24-26-32(36)33-30(31(35)25-23-21-13-11-9-7-2)29-40-41(37,38)39-28-27-34(3,4)5/h23,25,30-31,35H,6-22,24,26-29H2,1-5H3,(H-,33,36,37,38)/b25-23+. The Labute approximate surface area is 252 Å². The Kier molecular flexibility index (Phi) is 25.2. The Balaban J connectivity index is 4.47. The number of quaternary nitrogens is 1. The molecule has 0 spiro atoms. The number of allylic oxidation sites excluding steroid dienone is 1. The monoisotopic (exact) mass is 604 g/mol. The number of hydrogen-bond acceptors (Lipinski definition) is 6. The average molecular weight is 605 g/mol. The minimum atomic E-state index is -4.56. The fourth-order valence-corrected chi connectivity index (χ4v) is 5.22. The fourth-order valence-electron chi connectivity index (χ4n) is 4.50. The van der Waals surface area contributed by atoms with E-state index in [4.69, 9.17) is 9.05 Å². The first-order valence-electron chi connectivity index (χ1n) is 16.6. The van der Waals surface area contributed by atoms with Gasteiger partial charge in [-0.25, -0.2) is 0 Å². The van der Waals surface area contributed by atoms with E-state index in [0.29, 0.717) is 17.4 Å². The summed E-state index contributed by atoms with van der Waals surface area (Å²) >= 11 is 0. The fraction of sp³-hybridized carbons (Fsp3) is 0.906. The molecule has 41 heavy (non-hydrogen) atoms. The second-order valence-electron chi connectivity index (χ2n) is 12.5. The van der Waals surface area contributed by atoms with Crippen LogP contribution in [0.15, 0.2) is 12.2 Å². The largest absolute Gasteiger partial charge is 0.756 e. The number of likely N-dealkylation sites (N-methyl/N-ethyl adjacent to an activating group) is 1. The van der Waals surface area contributed by atoms with Gasteiger partial charge in [0, 0.05) is 6.42 Å². The molecule has 244 valence electrons. The Morgan fingerprint density at radius 1 is 0.829 bits per heavy atom. The van der Waals surface area contributed by atoms with E-state index in [2.05, 4.69) is 19.2 Å². The lowest BCUT2D eigenvalue weighted by molar-refractivity contribution is -0.870. The van der Waals surface area contributed by atoms with Crippen molar-refractivity contribution < 1.29 is 32.9 Å². The van der Waals surface area contributed by atoms with Crippen LogP contribution in [0.25, 0.3) is 0 Å². The molecule has 0 aromatic rings. The summed E-state index contributed by atoms with van der Waals surface area (Å²) in [6.45, 7) is 4.53. The molecule has 0 aliphatic carbocycles. The molecule has 0 aromatic heterocycles. The molecule has 0 fully saturated rings. The number of amides is 1. The summed E-state index contributed by atoms with van der Waals surface area (Å²) in [7, 11) is 1.26. The number of rotatable bonds is 29. The van der Waals surface area contributed by atoms with Crippen LogP contribution in [-0.2, 0) is 18.4 Å². The van der Waals surface area contributed by atoms with Gasteiger partial charge in [-0.15, -0.1) is 0 Å². The van der Waals surface area contributed by atoms with Gasteiger partial charge in [-0.05, 0) is 19.3 Å². The highest BCUT2D eigenvalue weighted by atomic mass is 31.2. The van der Waals surface area contributed by atoms with Gasteiger partial charge in [0.25, 0.3) is 7.82 Å². The van der Waals surface area contributed by atoms with Crippen LogP contribution < -0.4 is 10.2 Å². The molecule has 0 radical (unpaired) electrons. The maximum atomic E-state index is 12.6. The summed E-state index contributed by atoms with van der Waals surface area (Å²) < 4.78 is 22.9. The van der Waals surface area contributed by atoms with Crippen molar-refractivity contribution in [3.05, 3.63) is 12.2 Å². The SMILES string of the molecule is CCCCCC/C=C/C(O)C(COP(=O)([O-])OCC[N+](C)(C)C)NC(=O)CCCCCCCCCCCCCCC. The molecule has 8 nitrogen and oxygen atoms in total. The Bertz CT molecular complexity index is 698. The van der Waals surface area contributed by atoms with Gasteiger partial charge in [-0.3, -0.25) is 9.36 Å². The predicted molar refractivity (Wildman–Crippen MR) is 169 cm³/mol. The second-order valence-corrected chi connectivity index (χ2v) is 13.9. The number of phosphoric ester groups is 1. The van der Waals surface area contributed by atoms with Crippen LogP contribution in [-0.4, -0.2) is 68.5 Å². The Morgan fingerprint density at radius 3 is 1.83 bits per heavy atom. The van der Waals surface area contributed by atoms with E-state index in [0.717, 1.165) is 44.9 Å². The summed E-state index contributed by atoms with van der Waals surface area (Å²) in [5, 5.41) is 13.5. The molecule has 0 aliphatic heterocycles. The summed E-state index contributed by atoms with van der Waals surface area (Å²) in [6.07, 6.45) is 24.2. The van der Waals surface area contributed by atoms with Crippen molar-refractivity contribution in [2.45, 2.75) is 148 Å². The molecule has 0 aromatic carbocycles. The van der Waals surface area contributed by atoms with Crippen LogP contribution in [0.3, 0.4) is 0 Å². The number of aliphatic hydroxyl groups excluding tert-OH is 1. The van der Waals surface area contributed by atoms with E-state index in [9.17, 15) is 19.4 Å². The van der Waals surface area contributed by atoms with Gasteiger partial charge < -0.3 is 28.8 Å². The molecule has 0 saturated heterocycles. The number of carbonyl (C=O) groups is 1. The smallest absolute Gasteiger partial charge is 0.268 e. The van der Waals surface area contributed by atoms with Crippen LogP contribution in [0.1, 0.15) is 136 Å². The van der Waals surface area contributed by atoms with Gasteiger partial charge in [0.05, 0.1) is 39.9 Å². The van der Waals surface area contributed by atoms with Gasteiger partial charge in [0.2, 0.25) is 5.91 Å². The number of carbonyl (C=O) groups excluding carboxylic acids is 1. The third-order valence-corrected chi connectivity index (χ3v) is 8.21. The first-order chi connectivity index (χ1) is 19.5. The minimum Gasteiger partial charge on any atom is -0.756 e. The number of phosphoric acid groups is 1. The van der Waals surface area contributed by atoms with Crippen LogP contribution in [0, 0.1) is 0 Å². The third kappa shape index (κ3) is 27.8. The minimum absolute atomic E-state index is 0.000563. The molecule has 0 bridgehead atoms. The van der Waals surface area contributed by atoms with Gasteiger partial charge in [0.1, 0.15) is 13.2 Å². The highest BCUT2D eigenvalue weighted by molar-refractivity contribution is 7.45. The number of nitrogens with zero attached hydrogens (tertiary/aromatic N) is 1. The zero-order chi connectivity index (χ0) is 30.8. The zero-order valence-corrected chi connectivity index (χ0v) is 28.1. The molecule has 0 rings (SSSR count). The summed E-state index contributed by atoms with van der Waals surface area (Å²) in [4.78, 5) is 24.9. The quantitative estimate of drug-likeness (QED) is 0.0410. The number of nitrogens with one attached hydrogen (secondary N) is 1. The number of hydrogen-bond donors (Lipinski definition) is 2. The third-order valence-electron chi connectivity index (χ3n) is 7.25. The molecular weight excluding hydrogens is 539 g/mol. The molecular formula is C32H65N2O6P. The highest BCUT2D eigenvalue weighted by Gasteiger charge is 2.23. The van der Waals surface area contributed by atoms with Crippen molar-refractivity contribution in [2.24, 2.45) is 0 Å². The predicted octanol–water partition coefficient (Wildman–Crippen LogP) is 7.05. The van der Waals surface area contributed by atoms with Gasteiger partial charge in [-0.2, -0.15) is 0 Å². The zero-order valence-electron chi connectivity index (χ0n) is 27.2. The Hall–Kier alpha value is -0.760. The van der Waals surface area contributed by atoms with Crippen molar-refractivity contribution in [3.63, 3.8) is 0 Å². The molecule has 1 amide bonds. The van der Waals surface area contributed by atoms with Crippen molar-refractivity contribution in [2.75, 3.05) is 40.9 Å². The van der Waals surface area contributed by atoms with Crippen molar-refractivity contribution in [1.29, 1.82) is 0 Å². The van der Waals surface area contributed by atoms with Gasteiger partial charge in [0.15, 0.2) is 0 Å². The van der Waals surface area contributed by atoms with E-state index in [1.165, 1.54) is 70.6 Å². The molecule has 0 aliphatic rings. The van der Waals surface area contributed by atoms with Crippen molar-refractivity contribution >= 4 is 13.7 Å². The summed E-state index contributed by atoms with van der Waals surface area (Å²) in [5.74, 6) is -0.205. The lowest BCUT2D eigenvalue weighted by Gasteiger charge is -2.29. The van der Waals surface area contributed by atoms with Crippen molar-refractivity contribution in [1.82, 2.24) is 5.32 Å². The second kappa shape index (κ2) is 25.7.